The van der Waals surface area contributed by atoms with Crippen LogP contribution < -0.4 is 11.1 Å². The molecular formula is C15H17F2N5. The van der Waals surface area contributed by atoms with Crippen molar-refractivity contribution in [1.29, 1.82) is 0 Å². The molecule has 2 heterocycles. The average Bonchev–Trinajstić information content (AvgIpc) is 2.50. The fourth-order valence-electron chi connectivity index (χ4n) is 1.73. The van der Waals surface area contributed by atoms with Crippen LogP contribution in [0.4, 0.5) is 26.1 Å². The quantitative estimate of drug-likeness (QED) is 0.874. The summed E-state index contributed by atoms with van der Waals surface area (Å²) in [5.74, 6) is 0.674. The van der Waals surface area contributed by atoms with Crippen molar-refractivity contribution in [3.05, 3.63) is 41.5 Å². The van der Waals surface area contributed by atoms with Crippen molar-refractivity contribution >= 4 is 23.4 Å². The maximum Gasteiger partial charge on any atom is 0.280 e. The number of hydrogen-bond acceptors (Lipinski definition) is 5. The predicted molar refractivity (Wildman–Crippen MR) is 82.9 cm³/mol. The molecule has 0 amide bonds. The number of nitrogens with two attached hydrogens (primary N) is 1. The summed E-state index contributed by atoms with van der Waals surface area (Å²) in [4.78, 5) is 11.6. The number of nitrogens with one attached hydrogen (secondary N) is 1. The standard InChI is InChI=1S/C15H17F2N5/c1-3-9(2)4-10-7-19-13(5-11(10)18)22-14-6-12(15(16)17)20-8-21-14/h4-8,15H,3H2,1-2H3,(H3,18,19,20,21,22)/b9-4+. The summed E-state index contributed by atoms with van der Waals surface area (Å²) < 4.78 is 25.2. The molecule has 7 heteroatoms. The Bertz CT molecular complexity index is 685. The summed E-state index contributed by atoms with van der Waals surface area (Å²) in [6.45, 7) is 4.07. The number of nitrogen functional groups attached to an aromatic ring is 1. The van der Waals surface area contributed by atoms with Crippen LogP contribution in [-0.2, 0) is 0 Å². The lowest BCUT2D eigenvalue weighted by Gasteiger charge is -2.08. The van der Waals surface area contributed by atoms with Crippen molar-refractivity contribution in [3.8, 4) is 0 Å². The molecular weight excluding hydrogens is 288 g/mol. The van der Waals surface area contributed by atoms with Crippen molar-refractivity contribution in [2.45, 2.75) is 26.7 Å². The number of nitrogens with zero attached hydrogens (tertiary/aromatic N) is 3. The molecule has 5 nitrogen and oxygen atoms in total. The molecule has 0 aliphatic heterocycles. The van der Waals surface area contributed by atoms with Crippen LogP contribution in [0.3, 0.4) is 0 Å². The first-order valence-corrected chi connectivity index (χ1v) is 6.79. The minimum atomic E-state index is -2.65. The topological polar surface area (TPSA) is 76.7 Å². The smallest absolute Gasteiger partial charge is 0.280 e. The third-order valence-electron chi connectivity index (χ3n) is 3.10. The molecule has 0 atom stereocenters. The van der Waals surface area contributed by atoms with Gasteiger partial charge in [0.1, 0.15) is 23.7 Å². The van der Waals surface area contributed by atoms with Gasteiger partial charge in [-0.05, 0) is 13.3 Å². The zero-order valence-corrected chi connectivity index (χ0v) is 12.3. The Morgan fingerprint density at radius 2 is 2.00 bits per heavy atom. The van der Waals surface area contributed by atoms with E-state index in [1.54, 1.807) is 12.3 Å². The molecule has 0 fully saturated rings. The van der Waals surface area contributed by atoms with Gasteiger partial charge in [0.2, 0.25) is 0 Å². The van der Waals surface area contributed by atoms with E-state index in [0.29, 0.717) is 11.5 Å². The van der Waals surface area contributed by atoms with Crippen LogP contribution in [0.25, 0.3) is 6.08 Å². The van der Waals surface area contributed by atoms with Crippen molar-refractivity contribution < 1.29 is 8.78 Å². The zero-order chi connectivity index (χ0) is 16.1. The highest BCUT2D eigenvalue weighted by molar-refractivity contribution is 5.69. The molecule has 2 rings (SSSR count). The lowest BCUT2D eigenvalue weighted by atomic mass is 10.1. The minimum Gasteiger partial charge on any atom is -0.398 e. The largest absolute Gasteiger partial charge is 0.398 e. The van der Waals surface area contributed by atoms with Gasteiger partial charge in [0.05, 0.1) is 0 Å². The van der Waals surface area contributed by atoms with Gasteiger partial charge in [-0.25, -0.2) is 23.7 Å². The van der Waals surface area contributed by atoms with Gasteiger partial charge in [0.15, 0.2) is 0 Å². The molecule has 0 unspecified atom stereocenters. The van der Waals surface area contributed by atoms with Gasteiger partial charge in [0.25, 0.3) is 6.43 Å². The molecule has 2 aromatic rings. The van der Waals surface area contributed by atoms with Crippen LogP contribution >= 0.6 is 0 Å². The Morgan fingerprint density at radius 1 is 1.27 bits per heavy atom. The zero-order valence-electron chi connectivity index (χ0n) is 12.3. The second kappa shape index (κ2) is 6.93. The molecule has 0 saturated heterocycles. The summed E-state index contributed by atoms with van der Waals surface area (Å²) in [5, 5.41) is 2.84. The molecule has 0 aliphatic rings. The van der Waals surface area contributed by atoms with Crippen LogP contribution in [-0.4, -0.2) is 15.0 Å². The van der Waals surface area contributed by atoms with Gasteiger partial charge in [-0.1, -0.05) is 18.6 Å². The molecule has 0 spiro atoms. The van der Waals surface area contributed by atoms with E-state index in [0.717, 1.165) is 18.3 Å². The van der Waals surface area contributed by atoms with Crippen molar-refractivity contribution in [3.63, 3.8) is 0 Å². The van der Waals surface area contributed by atoms with Gasteiger partial charge in [-0.3, -0.25) is 0 Å². The Morgan fingerprint density at radius 3 is 2.64 bits per heavy atom. The highest BCUT2D eigenvalue weighted by Gasteiger charge is 2.10. The Hall–Kier alpha value is -2.57. The van der Waals surface area contributed by atoms with Crippen molar-refractivity contribution in [2.75, 3.05) is 11.1 Å². The second-order valence-electron chi connectivity index (χ2n) is 4.80. The molecule has 0 bridgehead atoms. The highest BCUT2D eigenvalue weighted by atomic mass is 19.3. The molecule has 0 aromatic carbocycles. The minimum absolute atomic E-state index is 0.241. The van der Waals surface area contributed by atoms with Crippen LogP contribution in [0.5, 0.6) is 0 Å². The fraction of sp³-hybridized carbons (Fsp3) is 0.267. The Balaban J connectivity index is 2.21. The van der Waals surface area contributed by atoms with E-state index in [1.807, 2.05) is 13.0 Å². The summed E-state index contributed by atoms with van der Waals surface area (Å²) >= 11 is 0. The molecule has 2 aromatic heterocycles. The number of pyridine rings is 1. The first-order valence-electron chi connectivity index (χ1n) is 6.79. The van der Waals surface area contributed by atoms with Gasteiger partial charge in [0, 0.05) is 29.6 Å². The van der Waals surface area contributed by atoms with Gasteiger partial charge in [-0.15, -0.1) is 0 Å². The van der Waals surface area contributed by atoms with Crippen LogP contribution in [0.15, 0.2) is 30.2 Å². The summed E-state index contributed by atoms with van der Waals surface area (Å²) in [6.07, 6.45) is 2.95. The van der Waals surface area contributed by atoms with E-state index in [9.17, 15) is 8.78 Å². The number of aromatic nitrogens is 3. The second-order valence-corrected chi connectivity index (χ2v) is 4.80. The summed E-state index contributed by atoms with van der Waals surface area (Å²) in [5.41, 5.74) is 8.19. The molecule has 0 aliphatic carbocycles. The highest BCUT2D eigenvalue weighted by Crippen LogP contribution is 2.22. The monoisotopic (exact) mass is 305 g/mol. The van der Waals surface area contributed by atoms with E-state index < -0.39 is 6.43 Å². The molecule has 116 valence electrons. The van der Waals surface area contributed by atoms with Gasteiger partial charge in [-0.2, -0.15) is 0 Å². The molecule has 22 heavy (non-hydrogen) atoms. The molecule has 0 radical (unpaired) electrons. The van der Waals surface area contributed by atoms with Crippen LogP contribution in [0, 0.1) is 0 Å². The van der Waals surface area contributed by atoms with E-state index >= 15 is 0 Å². The maximum atomic E-state index is 12.6. The number of anilines is 3. The van der Waals surface area contributed by atoms with Crippen LogP contribution in [0.2, 0.25) is 0 Å². The SMILES string of the molecule is CC/C(C)=C/c1cnc(Nc2cc(C(F)F)ncn2)cc1N. The number of halogens is 2. The summed E-state index contributed by atoms with van der Waals surface area (Å²) in [7, 11) is 0. The summed E-state index contributed by atoms with van der Waals surface area (Å²) in [6, 6.07) is 2.82. The van der Waals surface area contributed by atoms with Gasteiger partial charge < -0.3 is 11.1 Å². The lowest BCUT2D eigenvalue weighted by molar-refractivity contribution is 0.146. The molecule has 3 N–H and O–H groups in total. The van der Waals surface area contributed by atoms with Crippen molar-refractivity contribution in [2.24, 2.45) is 0 Å². The third kappa shape index (κ3) is 3.97. The van der Waals surface area contributed by atoms with E-state index in [-0.39, 0.29) is 11.5 Å². The Kier molecular flexibility index (Phi) is 4.98. The fourth-order valence-corrected chi connectivity index (χ4v) is 1.73. The Labute approximate surface area is 127 Å². The molecule has 0 saturated carbocycles. The van der Waals surface area contributed by atoms with E-state index in [1.165, 1.54) is 11.6 Å². The van der Waals surface area contributed by atoms with E-state index in [2.05, 4.69) is 27.2 Å². The number of allylic oxidation sites excluding steroid dienone is 1. The number of alkyl halides is 2. The normalized spacial score (nSPS) is 11.8. The van der Waals surface area contributed by atoms with Crippen molar-refractivity contribution in [1.82, 2.24) is 15.0 Å². The number of rotatable bonds is 5. The maximum absolute atomic E-state index is 12.6. The third-order valence-corrected chi connectivity index (χ3v) is 3.10. The van der Waals surface area contributed by atoms with Gasteiger partial charge >= 0.3 is 0 Å². The average molecular weight is 305 g/mol. The number of hydrogen-bond donors (Lipinski definition) is 2. The first-order chi connectivity index (χ1) is 10.5. The van der Waals surface area contributed by atoms with Crippen LogP contribution in [0.1, 0.15) is 38.0 Å². The van der Waals surface area contributed by atoms with E-state index in [4.69, 9.17) is 5.73 Å². The first kappa shape index (κ1) is 15.8. The predicted octanol–water partition coefficient (Wildman–Crippen LogP) is 3.95. The lowest BCUT2D eigenvalue weighted by Crippen LogP contribution is -2.01.